The first-order chi connectivity index (χ1) is 12.6. The summed E-state index contributed by atoms with van der Waals surface area (Å²) in [6, 6.07) is 11.8. The van der Waals surface area contributed by atoms with Crippen LogP contribution in [0.2, 0.25) is 0 Å². The number of amides is 1. The van der Waals surface area contributed by atoms with Gasteiger partial charge in [-0.25, -0.2) is 0 Å². The van der Waals surface area contributed by atoms with Crippen molar-refractivity contribution in [2.24, 2.45) is 5.92 Å². The Morgan fingerprint density at radius 2 is 2.08 bits per heavy atom. The van der Waals surface area contributed by atoms with Crippen LogP contribution in [-0.2, 0) is 23.4 Å². The molecular weight excluding hydrogens is 362 g/mol. The normalized spacial score (nSPS) is 15.6. The lowest BCUT2D eigenvalue weighted by Crippen LogP contribution is -2.14. The molecule has 0 radical (unpaired) electrons. The van der Waals surface area contributed by atoms with E-state index in [0.717, 1.165) is 30.4 Å². The predicted molar refractivity (Wildman–Crippen MR) is 106 cm³/mol. The lowest BCUT2D eigenvalue weighted by molar-refractivity contribution is -0.113. The van der Waals surface area contributed by atoms with Gasteiger partial charge in [0.25, 0.3) is 0 Å². The molecule has 1 aromatic heterocycles. The smallest absolute Gasteiger partial charge is 0.235 e. The van der Waals surface area contributed by atoms with E-state index in [1.165, 1.54) is 16.6 Å². The highest BCUT2D eigenvalue weighted by molar-refractivity contribution is 7.99. The van der Waals surface area contributed by atoms with Crippen molar-refractivity contribution in [3.8, 4) is 12.1 Å². The topological polar surface area (TPSA) is 76.7 Å². The fourth-order valence-corrected chi connectivity index (χ4v) is 5.22. The van der Waals surface area contributed by atoms with Gasteiger partial charge in [-0.3, -0.25) is 4.79 Å². The Balaban J connectivity index is 1.56. The number of hydrogen-bond donors (Lipinski definition) is 1. The van der Waals surface area contributed by atoms with Crippen LogP contribution >= 0.6 is 23.1 Å². The van der Waals surface area contributed by atoms with Gasteiger partial charge in [0.05, 0.1) is 22.9 Å². The molecule has 6 heteroatoms. The van der Waals surface area contributed by atoms with E-state index < -0.39 is 0 Å². The summed E-state index contributed by atoms with van der Waals surface area (Å²) in [5.41, 5.74) is 3.51. The van der Waals surface area contributed by atoms with Crippen molar-refractivity contribution in [1.29, 1.82) is 10.5 Å². The zero-order valence-corrected chi connectivity index (χ0v) is 16.2. The summed E-state index contributed by atoms with van der Waals surface area (Å²) < 4.78 is 0. The van der Waals surface area contributed by atoms with Gasteiger partial charge in [0.2, 0.25) is 5.91 Å². The highest BCUT2D eigenvalue weighted by Gasteiger charge is 2.24. The first-order valence-electron chi connectivity index (χ1n) is 8.52. The predicted octanol–water partition coefficient (Wildman–Crippen LogP) is 4.49. The molecule has 132 valence electrons. The molecule has 0 fully saturated rings. The van der Waals surface area contributed by atoms with Gasteiger partial charge in [0.15, 0.2) is 0 Å². The Labute approximate surface area is 161 Å². The summed E-state index contributed by atoms with van der Waals surface area (Å²) in [4.78, 5) is 13.5. The number of thioether (sulfide) groups is 1. The molecule has 2 aromatic rings. The minimum absolute atomic E-state index is 0.0770. The van der Waals surface area contributed by atoms with Crippen LogP contribution in [0.1, 0.15) is 40.5 Å². The second kappa shape index (κ2) is 8.40. The van der Waals surface area contributed by atoms with Crippen molar-refractivity contribution in [1.82, 2.24) is 0 Å². The van der Waals surface area contributed by atoms with E-state index in [-0.39, 0.29) is 5.91 Å². The number of hydrogen-bond acceptors (Lipinski definition) is 5. The Hall–Kier alpha value is -2.28. The number of nitriles is 2. The first kappa shape index (κ1) is 18.5. The number of rotatable bonds is 5. The maximum atomic E-state index is 12.3. The molecule has 1 heterocycles. The molecule has 0 bridgehead atoms. The average Bonchev–Trinajstić information content (AvgIpc) is 2.98. The Morgan fingerprint density at radius 1 is 1.31 bits per heavy atom. The van der Waals surface area contributed by atoms with Crippen LogP contribution in [0.4, 0.5) is 5.00 Å². The molecule has 0 saturated heterocycles. The van der Waals surface area contributed by atoms with Crippen molar-refractivity contribution >= 4 is 34.0 Å². The minimum atomic E-state index is -0.0770. The second-order valence-electron chi connectivity index (χ2n) is 6.52. The molecule has 0 spiro atoms. The van der Waals surface area contributed by atoms with Gasteiger partial charge in [-0.05, 0) is 48.4 Å². The monoisotopic (exact) mass is 381 g/mol. The van der Waals surface area contributed by atoms with Crippen LogP contribution in [0.15, 0.2) is 24.3 Å². The van der Waals surface area contributed by atoms with Gasteiger partial charge in [-0.1, -0.05) is 19.1 Å². The van der Waals surface area contributed by atoms with Crippen LogP contribution in [0, 0.1) is 28.6 Å². The fraction of sp³-hybridized carbons (Fsp3) is 0.350. The van der Waals surface area contributed by atoms with Crippen molar-refractivity contribution in [3.63, 3.8) is 0 Å². The SMILES string of the molecule is CC1CCc2c(sc(NC(=O)CSCc3ccc(C#N)cc3)c2C#N)C1. The van der Waals surface area contributed by atoms with Crippen LogP contribution in [0.5, 0.6) is 0 Å². The Kier molecular flexibility index (Phi) is 5.98. The van der Waals surface area contributed by atoms with E-state index >= 15 is 0 Å². The number of carbonyl (C=O) groups excluding carboxylic acids is 1. The number of nitrogens with zero attached hydrogens (tertiary/aromatic N) is 2. The van der Waals surface area contributed by atoms with E-state index in [4.69, 9.17) is 5.26 Å². The summed E-state index contributed by atoms with van der Waals surface area (Å²) >= 11 is 3.08. The molecule has 0 saturated carbocycles. The van der Waals surface area contributed by atoms with Crippen LogP contribution in [0.25, 0.3) is 0 Å². The third kappa shape index (κ3) is 4.27. The van der Waals surface area contributed by atoms with E-state index in [1.807, 2.05) is 12.1 Å². The van der Waals surface area contributed by atoms with Gasteiger partial charge in [0.1, 0.15) is 11.1 Å². The number of carbonyl (C=O) groups is 1. The molecule has 4 nitrogen and oxygen atoms in total. The molecule has 1 aliphatic rings. The van der Waals surface area contributed by atoms with Crippen molar-refractivity contribution < 1.29 is 4.79 Å². The molecule has 0 aliphatic heterocycles. The van der Waals surface area contributed by atoms with Gasteiger partial charge in [-0.15, -0.1) is 23.1 Å². The van der Waals surface area contributed by atoms with Crippen molar-refractivity contribution in [2.45, 2.75) is 31.9 Å². The van der Waals surface area contributed by atoms with Crippen LogP contribution in [0.3, 0.4) is 0 Å². The van der Waals surface area contributed by atoms with Crippen molar-refractivity contribution in [2.75, 3.05) is 11.1 Å². The average molecular weight is 382 g/mol. The van der Waals surface area contributed by atoms with Crippen LogP contribution in [-0.4, -0.2) is 11.7 Å². The van der Waals surface area contributed by atoms with Gasteiger partial charge in [0, 0.05) is 10.6 Å². The molecular formula is C20H19N3OS2. The summed E-state index contributed by atoms with van der Waals surface area (Å²) in [5.74, 6) is 1.61. The number of nitrogens with one attached hydrogen (secondary N) is 1. The standard InChI is InChI=1S/C20H19N3OS2/c1-13-2-7-16-17(10-22)20(26-18(16)8-13)23-19(24)12-25-11-15-5-3-14(9-21)4-6-15/h3-6,13H,2,7-8,11-12H2,1H3,(H,23,24). The number of anilines is 1. The van der Waals surface area contributed by atoms with Gasteiger partial charge in [-0.2, -0.15) is 10.5 Å². The minimum Gasteiger partial charge on any atom is -0.316 e. The van der Waals surface area contributed by atoms with Crippen LogP contribution < -0.4 is 5.32 Å². The zero-order chi connectivity index (χ0) is 18.5. The third-order valence-corrected chi connectivity index (χ3v) is 6.63. The number of benzene rings is 1. The summed E-state index contributed by atoms with van der Waals surface area (Å²) in [6.07, 6.45) is 3.03. The highest BCUT2D eigenvalue weighted by Crippen LogP contribution is 2.39. The summed E-state index contributed by atoms with van der Waals surface area (Å²) in [7, 11) is 0. The molecule has 1 unspecified atom stereocenters. The zero-order valence-electron chi connectivity index (χ0n) is 14.5. The maximum Gasteiger partial charge on any atom is 0.235 e. The third-order valence-electron chi connectivity index (χ3n) is 4.46. The molecule has 1 aromatic carbocycles. The van der Waals surface area contributed by atoms with E-state index in [2.05, 4.69) is 24.4 Å². The van der Waals surface area contributed by atoms with E-state index in [0.29, 0.717) is 33.6 Å². The first-order valence-corrected chi connectivity index (χ1v) is 10.5. The van der Waals surface area contributed by atoms with E-state index in [1.54, 1.807) is 23.5 Å². The fourth-order valence-electron chi connectivity index (χ4n) is 3.06. The highest BCUT2D eigenvalue weighted by atomic mass is 32.2. The van der Waals surface area contributed by atoms with Gasteiger partial charge >= 0.3 is 0 Å². The maximum absolute atomic E-state index is 12.3. The molecule has 1 N–H and O–H groups in total. The number of thiophene rings is 1. The molecule has 1 amide bonds. The number of fused-ring (bicyclic) bond motifs is 1. The molecule has 26 heavy (non-hydrogen) atoms. The molecule has 1 aliphatic carbocycles. The lowest BCUT2D eigenvalue weighted by Gasteiger charge is -2.17. The van der Waals surface area contributed by atoms with Crippen molar-refractivity contribution in [3.05, 3.63) is 51.4 Å². The Bertz CT molecular complexity index is 888. The summed E-state index contributed by atoms with van der Waals surface area (Å²) in [5, 5.41) is 21.9. The van der Waals surface area contributed by atoms with Gasteiger partial charge < -0.3 is 5.32 Å². The quantitative estimate of drug-likeness (QED) is 0.828. The second-order valence-corrected chi connectivity index (χ2v) is 8.61. The molecule has 1 atom stereocenters. The lowest BCUT2D eigenvalue weighted by atomic mass is 9.89. The largest absolute Gasteiger partial charge is 0.316 e. The Morgan fingerprint density at radius 3 is 2.77 bits per heavy atom. The van der Waals surface area contributed by atoms with E-state index in [9.17, 15) is 10.1 Å². The summed E-state index contributed by atoms with van der Waals surface area (Å²) in [6.45, 7) is 2.23. The molecule has 3 rings (SSSR count).